The predicted octanol–water partition coefficient (Wildman–Crippen LogP) is 2.45. The van der Waals surface area contributed by atoms with Crippen molar-refractivity contribution in [2.75, 3.05) is 18.4 Å². The fourth-order valence-corrected chi connectivity index (χ4v) is 2.35. The number of hydrogen-bond acceptors (Lipinski definition) is 3. The van der Waals surface area contributed by atoms with Crippen molar-refractivity contribution in [1.29, 1.82) is 0 Å². The van der Waals surface area contributed by atoms with Gasteiger partial charge in [0.1, 0.15) is 0 Å². The van der Waals surface area contributed by atoms with Gasteiger partial charge in [-0.15, -0.1) is 0 Å². The number of amidine groups is 1. The summed E-state index contributed by atoms with van der Waals surface area (Å²) in [5, 5.41) is 14.6. The number of halogens is 1. The van der Waals surface area contributed by atoms with Gasteiger partial charge in [0.25, 0.3) is 0 Å². The normalized spacial score (nSPS) is 16.1. The third-order valence-corrected chi connectivity index (χ3v) is 3.57. The van der Waals surface area contributed by atoms with Crippen molar-refractivity contribution in [3.63, 3.8) is 0 Å². The van der Waals surface area contributed by atoms with E-state index in [9.17, 15) is 4.79 Å². The van der Waals surface area contributed by atoms with Gasteiger partial charge in [0, 0.05) is 18.7 Å². The molecule has 1 aliphatic heterocycles. The number of rotatable bonds is 2. The van der Waals surface area contributed by atoms with Crippen LogP contribution in [-0.2, 0) is 0 Å². The molecule has 4 N–H and O–H groups in total. The Labute approximate surface area is 122 Å². The molecule has 0 spiro atoms. The average molecular weight is 297 g/mol. The molecule has 1 heterocycles. The molecule has 2 amide bonds. The molecule has 1 aliphatic rings. The summed E-state index contributed by atoms with van der Waals surface area (Å²) in [4.78, 5) is 13.8. The van der Waals surface area contributed by atoms with Crippen LogP contribution in [-0.4, -0.2) is 35.1 Å². The van der Waals surface area contributed by atoms with E-state index in [4.69, 9.17) is 22.5 Å². The van der Waals surface area contributed by atoms with Crippen molar-refractivity contribution < 1.29 is 10.0 Å². The van der Waals surface area contributed by atoms with Crippen LogP contribution in [0.2, 0.25) is 5.02 Å². The molecule has 0 aliphatic carbocycles. The number of likely N-dealkylation sites (tertiary alicyclic amines) is 1. The van der Waals surface area contributed by atoms with Crippen LogP contribution < -0.4 is 11.1 Å². The smallest absolute Gasteiger partial charge is 0.321 e. The van der Waals surface area contributed by atoms with Gasteiger partial charge in [-0.25, -0.2) is 4.79 Å². The quantitative estimate of drug-likeness (QED) is 0.339. The number of amides is 2. The van der Waals surface area contributed by atoms with Crippen molar-refractivity contribution in [2.24, 2.45) is 10.9 Å². The van der Waals surface area contributed by atoms with Crippen LogP contribution in [0.25, 0.3) is 0 Å². The summed E-state index contributed by atoms with van der Waals surface area (Å²) in [7, 11) is 0. The minimum Gasteiger partial charge on any atom is -0.409 e. The zero-order chi connectivity index (χ0) is 14.5. The highest BCUT2D eigenvalue weighted by molar-refractivity contribution is 6.34. The van der Waals surface area contributed by atoms with Crippen molar-refractivity contribution >= 4 is 29.2 Å². The molecule has 7 heteroatoms. The largest absolute Gasteiger partial charge is 0.409 e. The highest BCUT2D eigenvalue weighted by atomic mass is 35.5. The molecule has 6 nitrogen and oxygen atoms in total. The van der Waals surface area contributed by atoms with Gasteiger partial charge in [0.2, 0.25) is 0 Å². The topological polar surface area (TPSA) is 91.0 Å². The van der Waals surface area contributed by atoms with Gasteiger partial charge in [-0.2, -0.15) is 0 Å². The first-order chi connectivity index (χ1) is 9.61. The Hall–Kier alpha value is -1.95. The summed E-state index contributed by atoms with van der Waals surface area (Å²) in [5.74, 6) is -0.0270. The number of piperidine rings is 1. The highest BCUT2D eigenvalue weighted by Crippen LogP contribution is 2.23. The lowest BCUT2D eigenvalue weighted by Crippen LogP contribution is -2.38. The lowest BCUT2D eigenvalue weighted by molar-refractivity contribution is 0.200. The fraction of sp³-hybridized carbons (Fsp3) is 0.385. The van der Waals surface area contributed by atoms with Crippen molar-refractivity contribution in [3.05, 3.63) is 28.8 Å². The lowest BCUT2D eigenvalue weighted by Gasteiger charge is -2.27. The standard InChI is InChI=1S/C13H17ClN4O2/c14-10-8-9(12(15)17-20)4-5-11(10)16-13(19)18-6-2-1-3-7-18/h4-5,8,20H,1-3,6-7H2,(H2,15,17)(H,16,19). The highest BCUT2D eigenvalue weighted by Gasteiger charge is 2.17. The van der Waals surface area contributed by atoms with E-state index in [1.54, 1.807) is 23.1 Å². The van der Waals surface area contributed by atoms with Crippen LogP contribution in [0.5, 0.6) is 0 Å². The summed E-state index contributed by atoms with van der Waals surface area (Å²) in [6.45, 7) is 1.54. The molecular weight excluding hydrogens is 280 g/mol. The molecule has 0 radical (unpaired) electrons. The minimum absolute atomic E-state index is 0.0270. The second-order valence-electron chi connectivity index (χ2n) is 4.66. The van der Waals surface area contributed by atoms with Gasteiger partial charge in [0.15, 0.2) is 5.84 Å². The number of nitrogens with two attached hydrogens (primary N) is 1. The van der Waals surface area contributed by atoms with Gasteiger partial charge in [-0.3, -0.25) is 0 Å². The zero-order valence-corrected chi connectivity index (χ0v) is 11.7. The molecular formula is C13H17ClN4O2. The van der Waals surface area contributed by atoms with Gasteiger partial charge < -0.3 is 21.2 Å². The molecule has 0 bridgehead atoms. The van der Waals surface area contributed by atoms with Crippen LogP contribution in [0.3, 0.4) is 0 Å². The van der Waals surface area contributed by atoms with E-state index in [1.165, 1.54) is 6.42 Å². The van der Waals surface area contributed by atoms with Crippen LogP contribution in [0.4, 0.5) is 10.5 Å². The zero-order valence-electron chi connectivity index (χ0n) is 11.0. The summed E-state index contributed by atoms with van der Waals surface area (Å²) < 4.78 is 0. The second-order valence-corrected chi connectivity index (χ2v) is 5.06. The average Bonchev–Trinajstić information content (AvgIpc) is 2.49. The van der Waals surface area contributed by atoms with E-state index < -0.39 is 0 Å². The molecule has 0 unspecified atom stereocenters. The second kappa shape index (κ2) is 6.47. The lowest BCUT2D eigenvalue weighted by atomic mass is 10.1. The van der Waals surface area contributed by atoms with Gasteiger partial charge >= 0.3 is 6.03 Å². The molecule has 20 heavy (non-hydrogen) atoms. The van der Waals surface area contributed by atoms with E-state index >= 15 is 0 Å². The maximum absolute atomic E-state index is 12.1. The molecule has 1 aromatic rings. The van der Waals surface area contributed by atoms with Crippen LogP contribution >= 0.6 is 11.6 Å². The van der Waals surface area contributed by atoms with Gasteiger partial charge in [-0.1, -0.05) is 16.8 Å². The maximum atomic E-state index is 12.1. The Kier molecular flexibility index (Phi) is 4.68. The van der Waals surface area contributed by atoms with Crippen molar-refractivity contribution in [3.8, 4) is 0 Å². The Bertz CT molecular complexity index is 527. The van der Waals surface area contributed by atoms with E-state index in [0.29, 0.717) is 16.3 Å². The fourth-order valence-electron chi connectivity index (χ4n) is 2.12. The molecule has 1 aromatic carbocycles. The number of oxime groups is 1. The molecule has 1 saturated heterocycles. The Morgan fingerprint density at radius 3 is 2.65 bits per heavy atom. The number of carbonyl (C=O) groups is 1. The van der Waals surface area contributed by atoms with Crippen LogP contribution in [0.15, 0.2) is 23.4 Å². The summed E-state index contributed by atoms with van der Waals surface area (Å²) >= 11 is 6.09. The predicted molar refractivity (Wildman–Crippen MR) is 78.4 cm³/mol. The van der Waals surface area contributed by atoms with Crippen LogP contribution in [0, 0.1) is 0 Å². The molecule has 1 fully saturated rings. The van der Waals surface area contributed by atoms with E-state index in [2.05, 4.69) is 10.5 Å². The van der Waals surface area contributed by atoms with Gasteiger partial charge in [-0.05, 0) is 37.5 Å². The first-order valence-electron chi connectivity index (χ1n) is 6.45. The maximum Gasteiger partial charge on any atom is 0.321 e. The Morgan fingerprint density at radius 2 is 2.05 bits per heavy atom. The monoisotopic (exact) mass is 296 g/mol. The number of benzene rings is 1. The molecule has 0 saturated carbocycles. The Morgan fingerprint density at radius 1 is 1.35 bits per heavy atom. The third-order valence-electron chi connectivity index (χ3n) is 3.26. The number of nitrogens with zero attached hydrogens (tertiary/aromatic N) is 2. The SMILES string of the molecule is N/C(=N/O)c1ccc(NC(=O)N2CCCCC2)c(Cl)c1. The van der Waals surface area contributed by atoms with E-state index in [1.807, 2.05) is 0 Å². The number of urea groups is 1. The summed E-state index contributed by atoms with van der Waals surface area (Å²) in [5.41, 5.74) is 6.48. The third kappa shape index (κ3) is 3.33. The van der Waals surface area contributed by atoms with E-state index in [-0.39, 0.29) is 11.9 Å². The number of carbonyl (C=O) groups excluding carboxylic acids is 1. The number of hydrogen-bond donors (Lipinski definition) is 3. The first kappa shape index (κ1) is 14.5. The summed E-state index contributed by atoms with van der Waals surface area (Å²) in [6, 6.07) is 4.66. The molecule has 0 atom stereocenters. The summed E-state index contributed by atoms with van der Waals surface area (Å²) in [6.07, 6.45) is 3.23. The molecule has 108 valence electrons. The molecule has 0 aromatic heterocycles. The molecule has 2 rings (SSSR count). The minimum atomic E-state index is -0.150. The van der Waals surface area contributed by atoms with Crippen LogP contribution in [0.1, 0.15) is 24.8 Å². The van der Waals surface area contributed by atoms with Gasteiger partial charge in [0.05, 0.1) is 10.7 Å². The Balaban J connectivity index is 2.07. The van der Waals surface area contributed by atoms with Crippen molar-refractivity contribution in [1.82, 2.24) is 4.90 Å². The number of anilines is 1. The van der Waals surface area contributed by atoms with Crippen molar-refractivity contribution in [2.45, 2.75) is 19.3 Å². The first-order valence-corrected chi connectivity index (χ1v) is 6.83. The van der Waals surface area contributed by atoms with E-state index in [0.717, 1.165) is 25.9 Å². The number of nitrogens with one attached hydrogen (secondary N) is 1.